The molecule has 1 aromatic rings. The molecule has 1 fully saturated rings. The maximum absolute atomic E-state index is 12.4. The summed E-state index contributed by atoms with van der Waals surface area (Å²) in [6, 6.07) is 1.78. The van der Waals surface area contributed by atoms with Crippen molar-refractivity contribution in [3.8, 4) is 0 Å². The van der Waals surface area contributed by atoms with Crippen molar-refractivity contribution in [1.82, 2.24) is 10.0 Å². The summed E-state index contributed by atoms with van der Waals surface area (Å²) in [5.74, 6) is 0. The number of rotatable bonds is 7. The van der Waals surface area contributed by atoms with Crippen molar-refractivity contribution >= 4 is 21.4 Å². The smallest absolute Gasteiger partial charge is 0.241 e. The molecular formula is C13H22N2O3S2. The van der Waals surface area contributed by atoms with E-state index in [9.17, 15) is 8.42 Å². The van der Waals surface area contributed by atoms with E-state index in [1.165, 1.54) is 11.3 Å². The fourth-order valence-electron chi connectivity index (χ4n) is 2.26. The van der Waals surface area contributed by atoms with E-state index in [1.54, 1.807) is 13.2 Å². The van der Waals surface area contributed by atoms with Gasteiger partial charge in [-0.05, 0) is 32.4 Å². The highest BCUT2D eigenvalue weighted by atomic mass is 32.2. The van der Waals surface area contributed by atoms with Crippen LogP contribution in [0.5, 0.6) is 0 Å². The molecule has 114 valence electrons. The first-order valence-electron chi connectivity index (χ1n) is 6.81. The van der Waals surface area contributed by atoms with Crippen LogP contribution in [0.4, 0.5) is 0 Å². The monoisotopic (exact) mass is 318 g/mol. The maximum atomic E-state index is 12.4. The third-order valence-corrected chi connectivity index (χ3v) is 6.34. The van der Waals surface area contributed by atoms with Crippen LogP contribution in [-0.2, 0) is 21.3 Å². The van der Waals surface area contributed by atoms with E-state index in [0.29, 0.717) is 11.4 Å². The first-order valence-corrected chi connectivity index (χ1v) is 9.11. The summed E-state index contributed by atoms with van der Waals surface area (Å²) in [5.41, 5.74) is 0. The highest BCUT2D eigenvalue weighted by Crippen LogP contribution is 2.28. The SMILES string of the molecule is CCNCc1cc(S(=O)(=O)NC2CC(OC)C2)c(C)s1. The zero-order valence-electron chi connectivity index (χ0n) is 12.1. The molecule has 1 aliphatic carbocycles. The van der Waals surface area contributed by atoms with Crippen LogP contribution in [0, 0.1) is 6.92 Å². The summed E-state index contributed by atoms with van der Waals surface area (Å²) in [7, 11) is -1.75. The molecule has 0 radical (unpaired) electrons. The van der Waals surface area contributed by atoms with Crippen LogP contribution in [0.3, 0.4) is 0 Å². The molecule has 0 spiro atoms. The Morgan fingerprint density at radius 1 is 1.45 bits per heavy atom. The van der Waals surface area contributed by atoms with Gasteiger partial charge in [0.2, 0.25) is 10.0 Å². The molecule has 0 bridgehead atoms. The molecule has 1 saturated carbocycles. The predicted octanol–water partition coefficient (Wildman–Crippen LogP) is 1.62. The Kier molecular flexibility index (Phi) is 5.19. The molecule has 0 aliphatic heterocycles. The highest BCUT2D eigenvalue weighted by molar-refractivity contribution is 7.89. The number of sulfonamides is 1. The number of hydrogen-bond donors (Lipinski definition) is 2. The van der Waals surface area contributed by atoms with Gasteiger partial charge in [-0.1, -0.05) is 6.92 Å². The zero-order valence-corrected chi connectivity index (χ0v) is 13.7. The first-order chi connectivity index (χ1) is 9.46. The summed E-state index contributed by atoms with van der Waals surface area (Å²) >= 11 is 1.53. The number of nitrogens with one attached hydrogen (secondary N) is 2. The van der Waals surface area contributed by atoms with Gasteiger partial charge < -0.3 is 10.1 Å². The Morgan fingerprint density at radius 3 is 2.75 bits per heavy atom. The second kappa shape index (κ2) is 6.53. The van der Waals surface area contributed by atoms with E-state index in [4.69, 9.17) is 4.74 Å². The number of aryl methyl sites for hydroxylation is 1. The van der Waals surface area contributed by atoms with Crippen LogP contribution >= 0.6 is 11.3 Å². The summed E-state index contributed by atoms with van der Waals surface area (Å²) in [6.07, 6.45) is 1.70. The normalized spacial score (nSPS) is 22.8. The van der Waals surface area contributed by atoms with Crippen LogP contribution < -0.4 is 10.0 Å². The maximum Gasteiger partial charge on any atom is 0.241 e. The van der Waals surface area contributed by atoms with Crippen molar-refractivity contribution < 1.29 is 13.2 Å². The molecule has 0 atom stereocenters. The number of thiophene rings is 1. The van der Waals surface area contributed by atoms with Crippen molar-refractivity contribution in [3.63, 3.8) is 0 Å². The van der Waals surface area contributed by atoms with E-state index in [-0.39, 0.29) is 12.1 Å². The summed E-state index contributed by atoms with van der Waals surface area (Å²) in [5, 5.41) is 3.21. The first kappa shape index (κ1) is 15.9. The fourth-order valence-corrected chi connectivity index (χ4v) is 5.13. The summed E-state index contributed by atoms with van der Waals surface area (Å²) in [6.45, 7) is 5.47. The standard InChI is InChI=1S/C13H22N2O3S2/c1-4-14-8-12-7-13(9(2)19-12)20(16,17)15-10-5-11(6-10)18-3/h7,10-11,14-15H,4-6,8H2,1-3H3. The van der Waals surface area contributed by atoms with Gasteiger partial charge in [-0.2, -0.15) is 0 Å². The second-order valence-electron chi connectivity index (χ2n) is 5.06. The molecule has 0 unspecified atom stereocenters. The molecule has 0 saturated heterocycles. The molecule has 1 aliphatic rings. The largest absolute Gasteiger partial charge is 0.381 e. The van der Waals surface area contributed by atoms with E-state index < -0.39 is 10.0 Å². The van der Waals surface area contributed by atoms with Crippen molar-refractivity contribution in [2.75, 3.05) is 13.7 Å². The van der Waals surface area contributed by atoms with Crippen LogP contribution in [0.25, 0.3) is 0 Å². The Morgan fingerprint density at radius 2 is 2.15 bits per heavy atom. The third kappa shape index (κ3) is 3.59. The Hall–Kier alpha value is -0.470. The van der Waals surface area contributed by atoms with Crippen molar-refractivity contribution in [2.24, 2.45) is 0 Å². The molecule has 0 amide bonds. The molecule has 1 aromatic heterocycles. The topological polar surface area (TPSA) is 67.4 Å². The molecule has 20 heavy (non-hydrogen) atoms. The molecular weight excluding hydrogens is 296 g/mol. The molecule has 5 nitrogen and oxygen atoms in total. The quantitative estimate of drug-likeness (QED) is 0.802. The predicted molar refractivity (Wildman–Crippen MR) is 80.6 cm³/mol. The molecule has 2 rings (SSSR count). The van der Waals surface area contributed by atoms with E-state index in [2.05, 4.69) is 10.0 Å². The van der Waals surface area contributed by atoms with Crippen molar-refractivity contribution in [2.45, 2.75) is 50.3 Å². The fraction of sp³-hybridized carbons (Fsp3) is 0.692. The van der Waals surface area contributed by atoms with Crippen LogP contribution in [0.1, 0.15) is 29.5 Å². The van der Waals surface area contributed by atoms with Crippen LogP contribution in [-0.4, -0.2) is 34.2 Å². The van der Waals surface area contributed by atoms with E-state index in [1.807, 2.05) is 13.8 Å². The lowest BCUT2D eigenvalue weighted by Gasteiger charge is -2.34. The Bertz CT molecular complexity index is 548. The van der Waals surface area contributed by atoms with Gasteiger partial charge in [-0.15, -0.1) is 11.3 Å². The van der Waals surface area contributed by atoms with Crippen molar-refractivity contribution in [1.29, 1.82) is 0 Å². The average Bonchev–Trinajstić information content (AvgIpc) is 2.73. The minimum Gasteiger partial charge on any atom is -0.381 e. The van der Waals surface area contributed by atoms with Gasteiger partial charge in [0, 0.05) is 29.5 Å². The average molecular weight is 318 g/mol. The molecule has 1 heterocycles. The summed E-state index contributed by atoms with van der Waals surface area (Å²) < 4.78 is 32.7. The van der Waals surface area contributed by atoms with Crippen LogP contribution in [0.15, 0.2) is 11.0 Å². The second-order valence-corrected chi connectivity index (χ2v) is 8.08. The van der Waals surface area contributed by atoms with Gasteiger partial charge in [0.1, 0.15) is 0 Å². The van der Waals surface area contributed by atoms with Gasteiger partial charge in [0.05, 0.1) is 11.0 Å². The molecule has 2 N–H and O–H groups in total. The van der Waals surface area contributed by atoms with Gasteiger partial charge in [-0.3, -0.25) is 0 Å². The number of hydrogen-bond acceptors (Lipinski definition) is 5. The van der Waals surface area contributed by atoms with Crippen LogP contribution in [0.2, 0.25) is 0 Å². The van der Waals surface area contributed by atoms with E-state index >= 15 is 0 Å². The van der Waals surface area contributed by atoms with Gasteiger partial charge in [-0.25, -0.2) is 13.1 Å². The lowest BCUT2D eigenvalue weighted by atomic mass is 9.90. The Balaban J connectivity index is 2.03. The number of methoxy groups -OCH3 is 1. The van der Waals surface area contributed by atoms with E-state index in [0.717, 1.165) is 29.1 Å². The Labute approximate surface area is 124 Å². The van der Waals surface area contributed by atoms with Gasteiger partial charge in [0.15, 0.2) is 0 Å². The van der Waals surface area contributed by atoms with Gasteiger partial charge >= 0.3 is 0 Å². The number of ether oxygens (including phenoxy) is 1. The summed E-state index contributed by atoms with van der Waals surface area (Å²) in [4.78, 5) is 2.30. The van der Waals surface area contributed by atoms with Crippen molar-refractivity contribution in [3.05, 3.63) is 15.8 Å². The minimum absolute atomic E-state index is 0.00136. The minimum atomic E-state index is -3.41. The van der Waals surface area contributed by atoms with Gasteiger partial charge in [0.25, 0.3) is 0 Å². The lowest BCUT2D eigenvalue weighted by molar-refractivity contribution is 0.0236. The lowest BCUT2D eigenvalue weighted by Crippen LogP contribution is -2.47. The highest BCUT2D eigenvalue weighted by Gasteiger charge is 2.33. The molecule has 7 heteroatoms. The molecule has 0 aromatic carbocycles. The third-order valence-electron chi connectivity index (χ3n) is 3.51. The zero-order chi connectivity index (χ0) is 14.8.